The van der Waals surface area contributed by atoms with Gasteiger partial charge in [-0.2, -0.15) is 34.4 Å². The average Bonchev–Trinajstić information content (AvgIpc) is 2.10. The fourth-order valence-electron chi connectivity index (χ4n) is 0.816. The molecule has 1 amide bonds. The molecule has 106 valence electrons. The van der Waals surface area contributed by atoms with Crippen LogP contribution in [0.25, 0.3) is 0 Å². The van der Waals surface area contributed by atoms with Crippen molar-refractivity contribution in [3.63, 3.8) is 0 Å². The van der Waals surface area contributed by atoms with Crippen LogP contribution in [0.5, 0.6) is 0 Å². The first-order valence-corrected chi connectivity index (χ1v) is 6.83. The third kappa shape index (κ3) is 4.60. The third-order valence-electron chi connectivity index (χ3n) is 1.64. The van der Waals surface area contributed by atoms with E-state index in [0.29, 0.717) is 0 Å². The molecule has 0 spiro atoms. The van der Waals surface area contributed by atoms with Gasteiger partial charge in [-0.3, -0.25) is 4.79 Å². The maximum absolute atomic E-state index is 12.0. The molecular formula is C6H9F3N2O5S2. The van der Waals surface area contributed by atoms with Crippen molar-refractivity contribution in [3.05, 3.63) is 0 Å². The maximum Gasteiger partial charge on any atom is 0.516 e. The third-order valence-corrected chi connectivity index (χ3v) is 3.12. The van der Waals surface area contributed by atoms with E-state index in [-0.39, 0.29) is 0 Å². The SMILES string of the molecule is CC(C)[C@@H](N=S(=O)=O)C(=O)NS(=O)(=O)C(F)(F)F. The van der Waals surface area contributed by atoms with E-state index in [1.54, 1.807) is 0 Å². The predicted molar refractivity (Wildman–Crippen MR) is 53.1 cm³/mol. The summed E-state index contributed by atoms with van der Waals surface area (Å²) >= 11 is 0. The van der Waals surface area contributed by atoms with E-state index in [1.807, 2.05) is 0 Å². The Balaban J connectivity index is 5.25. The minimum atomic E-state index is -5.87. The van der Waals surface area contributed by atoms with Crippen molar-refractivity contribution in [1.29, 1.82) is 0 Å². The number of hydrogen-bond acceptors (Lipinski definition) is 6. The fraction of sp³-hybridized carbons (Fsp3) is 0.833. The standard InChI is InChI=1S/C6H9F3N2O5S2/c1-3(2)4(10-17(13)14)5(12)11-18(15,16)6(7,8)9/h3-4H,1-2H3,(H,11,12)/t4-/m1/s1. The van der Waals surface area contributed by atoms with Gasteiger partial charge >= 0.3 is 26.0 Å². The van der Waals surface area contributed by atoms with Gasteiger partial charge in [-0.25, -0.2) is 4.72 Å². The quantitative estimate of drug-likeness (QED) is 0.788. The molecule has 0 radical (unpaired) electrons. The summed E-state index contributed by atoms with van der Waals surface area (Å²) in [6.07, 6.45) is 0. The van der Waals surface area contributed by atoms with Crippen LogP contribution in [0.3, 0.4) is 0 Å². The number of nitrogens with one attached hydrogen (secondary N) is 1. The molecule has 0 aliphatic carbocycles. The summed E-state index contributed by atoms with van der Waals surface area (Å²) in [7, 11) is -8.92. The van der Waals surface area contributed by atoms with Gasteiger partial charge in [0.15, 0.2) is 0 Å². The zero-order valence-corrected chi connectivity index (χ0v) is 10.7. The molecule has 0 aromatic rings. The Bertz CT molecular complexity index is 540. The summed E-state index contributed by atoms with van der Waals surface area (Å²) in [6, 6.07) is -1.75. The van der Waals surface area contributed by atoms with Crippen LogP contribution in [0.15, 0.2) is 4.36 Å². The van der Waals surface area contributed by atoms with Gasteiger partial charge in [-0.1, -0.05) is 13.8 Å². The van der Waals surface area contributed by atoms with Crippen LogP contribution in [0.2, 0.25) is 0 Å². The lowest BCUT2D eigenvalue weighted by molar-refractivity contribution is -0.122. The number of hydrogen-bond donors (Lipinski definition) is 1. The maximum atomic E-state index is 12.0. The van der Waals surface area contributed by atoms with Crippen molar-refractivity contribution in [1.82, 2.24) is 4.72 Å². The summed E-state index contributed by atoms with van der Waals surface area (Å²) < 4.78 is 81.2. The van der Waals surface area contributed by atoms with Crippen molar-refractivity contribution in [2.75, 3.05) is 0 Å². The molecule has 1 N–H and O–H groups in total. The zero-order valence-electron chi connectivity index (χ0n) is 9.09. The molecule has 0 saturated carbocycles. The van der Waals surface area contributed by atoms with Crippen molar-refractivity contribution in [2.24, 2.45) is 10.3 Å². The van der Waals surface area contributed by atoms with Gasteiger partial charge in [0.2, 0.25) is 0 Å². The molecule has 0 fully saturated rings. The highest BCUT2D eigenvalue weighted by molar-refractivity contribution is 7.90. The molecule has 0 rings (SSSR count). The number of carbonyl (C=O) groups excluding carboxylic acids is 1. The first-order chi connectivity index (χ1) is 7.88. The Morgan fingerprint density at radius 2 is 1.72 bits per heavy atom. The highest BCUT2D eigenvalue weighted by atomic mass is 32.2. The van der Waals surface area contributed by atoms with E-state index in [4.69, 9.17) is 0 Å². The second-order valence-corrected chi connectivity index (χ2v) is 5.75. The topological polar surface area (TPSA) is 110 Å². The smallest absolute Gasteiger partial charge is 0.271 e. The molecule has 0 bridgehead atoms. The lowest BCUT2D eigenvalue weighted by Crippen LogP contribution is -2.45. The molecule has 18 heavy (non-hydrogen) atoms. The molecule has 0 aliphatic rings. The van der Waals surface area contributed by atoms with E-state index in [0.717, 1.165) is 4.72 Å². The van der Waals surface area contributed by atoms with Crippen molar-refractivity contribution >= 4 is 26.4 Å². The van der Waals surface area contributed by atoms with Crippen LogP contribution < -0.4 is 4.72 Å². The minimum Gasteiger partial charge on any atom is -0.271 e. The van der Waals surface area contributed by atoms with Gasteiger partial charge in [0, 0.05) is 0 Å². The largest absolute Gasteiger partial charge is 0.516 e. The van der Waals surface area contributed by atoms with Gasteiger partial charge in [-0.15, -0.1) is 0 Å². The highest BCUT2D eigenvalue weighted by Crippen LogP contribution is 2.22. The fourth-order valence-corrected chi connectivity index (χ4v) is 1.84. The van der Waals surface area contributed by atoms with Crippen LogP contribution in [-0.4, -0.2) is 34.3 Å². The summed E-state index contributed by atoms with van der Waals surface area (Å²) in [5.74, 6) is -2.46. The molecule has 0 aromatic heterocycles. The number of alkyl halides is 3. The Hall–Kier alpha value is -1.17. The molecule has 12 heteroatoms. The summed E-state index contributed by atoms with van der Waals surface area (Å²) in [6.45, 7) is 2.58. The number of rotatable bonds is 4. The van der Waals surface area contributed by atoms with Crippen LogP contribution >= 0.6 is 0 Å². The van der Waals surface area contributed by atoms with Gasteiger partial charge in [0.1, 0.15) is 6.04 Å². The molecule has 0 unspecified atom stereocenters. The molecule has 0 saturated heterocycles. The Kier molecular flexibility index (Phi) is 5.28. The highest BCUT2D eigenvalue weighted by Gasteiger charge is 2.47. The van der Waals surface area contributed by atoms with Gasteiger partial charge in [0.05, 0.1) is 0 Å². The monoisotopic (exact) mass is 310 g/mol. The van der Waals surface area contributed by atoms with Crippen LogP contribution in [-0.2, 0) is 25.3 Å². The van der Waals surface area contributed by atoms with E-state index in [1.165, 1.54) is 13.8 Å². The first kappa shape index (κ1) is 16.8. The average molecular weight is 310 g/mol. The second kappa shape index (κ2) is 5.65. The lowest BCUT2D eigenvalue weighted by Gasteiger charge is -2.15. The second-order valence-electron chi connectivity index (χ2n) is 3.43. The minimum absolute atomic E-state index is 0.724. The Labute approximate surface area is 102 Å². The van der Waals surface area contributed by atoms with E-state index in [2.05, 4.69) is 4.36 Å². The Morgan fingerprint density at radius 1 is 1.28 bits per heavy atom. The molecule has 0 heterocycles. The van der Waals surface area contributed by atoms with Crippen molar-refractivity contribution < 1.29 is 34.8 Å². The number of nitrogens with zero attached hydrogens (tertiary/aromatic N) is 1. The first-order valence-electron chi connectivity index (χ1n) is 4.31. The van der Waals surface area contributed by atoms with E-state index in [9.17, 15) is 34.8 Å². The molecule has 7 nitrogen and oxygen atoms in total. The van der Waals surface area contributed by atoms with Crippen LogP contribution in [0.1, 0.15) is 13.8 Å². The van der Waals surface area contributed by atoms with Gasteiger partial charge in [-0.05, 0) is 5.92 Å². The van der Waals surface area contributed by atoms with Crippen LogP contribution in [0, 0.1) is 5.92 Å². The lowest BCUT2D eigenvalue weighted by atomic mass is 10.1. The molecule has 0 aliphatic heterocycles. The van der Waals surface area contributed by atoms with Crippen molar-refractivity contribution in [3.8, 4) is 0 Å². The van der Waals surface area contributed by atoms with E-state index >= 15 is 0 Å². The number of halogens is 3. The molecule has 0 aromatic carbocycles. The number of sulfonamides is 1. The molecular weight excluding hydrogens is 301 g/mol. The summed E-state index contributed by atoms with van der Waals surface area (Å²) in [5, 5.41) is 0. The van der Waals surface area contributed by atoms with Gasteiger partial charge < -0.3 is 0 Å². The predicted octanol–water partition coefficient (Wildman–Crippen LogP) is 0.0395. The normalized spacial score (nSPS) is 14.1. The Morgan fingerprint density at radius 3 is 2.00 bits per heavy atom. The zero-order chi connectivity index (χ0) is 14.7. The molecule has 1 atom stereocenters. The van der Waals surface area contributed by atoms with Crippen LogP contribution in [0.4, 0.5) is 13.2 Å². The summed E-state index contributed by atoms with van der Waals surface area (Å²) in [4.78, 5) is 11.2. The van der Waals surface area contributed by atoms with Gasteiger partial charge in [0.25, 0.3) is 5.91 Å². The number of amides is 1. The summed E-state index contributed by atoms with van der Waals surface area (Å²) in [5.41, 5.74) is -5.67. The van der Waals surface area contributed by atoms with E-state index < -0.39 is 43.9 Å². The van der Waals surface area contributed by atoms with Crippen molar-refractivity contribution in [2.45, 2.75) is 25.4 Å². The number of carbonyl (C=O) groups is 1.